The van der Waals surface area contributed by atoms with Crippen LogP contribution in [-0.2, 0) is 12.8 Å². The van der Waals surface area contributed by atoms with Crippen molar-refractivity contribution in [2.24, 2.45) is 0 Å². The third-order valence-corrected chi connectivity index (χ3v) is 4.35. The Morgan fingerprint density at radius 2 is 1.04 bits per heavy atom. The lowest BCUT2D eigenvalue weighted by Gasteiger charge is -2.13. The SMILES string of the molecule is COc1cc2c(cc1OC)Cc1cc(OC)c(OC)cc1C(=O)C2. The lowest BCUT2D eigenvalue weighted by molar-refractivity contribution is 0.0992. The van der Waals surface area contributed by atoms with Gasteiger partial charge in [0.15, 0.2) is 28.8 Å². The molecule has 0 fully saturated rings. The molecule has 0 atom stereocenters. The molecule has 0 saturated carbocycles. The van der Waals surface area contributed by atoms with Crippen LogP contribution in [0.4, 0.5) is 0 Å². The van der Waals surface area contributed by atoms with Gasteiger partial charge in [0.05, 0.1) is 28.4 Å². The van der Waals surface area contributed by atoms with Gasteiger partial charge in [0.2, 0.25) is 0 Å². The van der Waals surface area contributed by atoms with Crippen LogP contribution in [0.5, 0.6) is 23.0 Å². The normalized spacial score (nSPS) is 12.8. The molecule has 0 N–H and O–H groups in total. The molecule has 5 nitrogen and oxygen atoms in total. The number of ether oxygens (including phenoxy) is 4. The number of rotatable bonds is 4. The standard InChI is InChI=1S/C19H20O5/c1-21-16-7-11-5-13-9-18(23-3)19(24-4)10-14(13)15(20)6-12(11)8-17(16)22-2/h7-10H,5-6H2,1-4H3. The van der Waals surface area contributed by atoms with E-state index in [0.717, 1.165) is 16.7 Å². The highest BCUT2D eigenvalue weighted by Gasteiger charge is 2.24. The molecule has 0 spiro atoms. The molecule has 24 heavy (non-hydrogen) atoms. The maximum Gasteiger partial charge on any atom is 0.167 e. The van der Waals surface area contributed by atoms with Crippen LogP contribution in [0.3, 0.4) is 0 Å². The van der Waals surface area contributed by atoms with Crippen LogP contribution < -0.4 is 18.9 Å². The number of benzene rings is 2. The van der Waals surface area contributed by atoms with Crippen LogP contribution in [0.15, 0.2) is 24.3 Å². The first kappa shape index (κ1) is 16.2. The molecule has 0 aromatic heterocycles. The minimum atomic E-state index is 0.0527. The minimum Gasteiger partial charge on any atom is -0.493 e. The first-order chi connectivity index (χ1) is 11.6. The maximum atomic E-state index is 12.7. The molecule has 0 bridgehead atoms. The minimum absolute atomic E-state index is 0.0527. The second-order valence-electron chi connectivity index (χ2n) is 5.62. The Morgan fingerprint density at radius 1 is 0.625 bits per heavy atom. The molecule has 0 unspecified atom stereocenters. The Balaban J connectivity index is 2.14. The zero-order chi connectivity index (χ0) is 17.3. The Hall–Kier alpha value is -2.69. The average Bonchev–Trinajstić information content (AvgIpc) is 2.74. The third-order valence-electron chi connectivity index (χ3n) is 4.35. The van der Waals surface area contributed by atoms with Crippen LogP contribution >= 0.6 is 0 Å². The second kappa shape index (κ2) is 6.43. The summed E-state index contributed by atoms with van der Waals surface area (Å²) in [7, 11) is 6.35. The lowest BCUT2D eigenvalue weighted by atomic mass is 9.99. The quantitative estimate of drug-likeness (QED) is 0.863. The van der Waals surface area contributed by atoms with Crippen molar-refractivity contribution in [3.8, 4) is 23.0 Å². The van der Waals surface area contributed by atoms with Crippen LogP contribution in [0.25, 0.3) is 0 Å². The van der Waals surface area contributed by atoms with Crippen molar-refractivity contribution in [2.45, 2.75) is 12.8 Å². The summed E-state index contributed by atoms with van der Waals surface area (Å²) in [6.07, 6.45) is 0.940. The molecule has 5 heteroatoms. The zero-order valence-corrected chi connectivity index (χ0v) is 14.3. The predicted octanol–water partition coefficient (Wildman–Crippen LogP) is 3.05. The highest BCUT2D eigenvalue weighted by molar-refractivity contribution is 6.00. The summed E-state index contributed by atoms with van der Waals surface area (Å²) in [5.41, 5.74) is 3.59. The number of carbonyl (C=O) groups is 1. The van der Waals surface area contributed by atoms with Gasteiger partial charge >= 0.3 is 0 Å². The Morgan fingerprint density at radius 3 is 1.54 bits per heavy atom. The van der Waals surface area contributed by atoms with Crippen molar-refractivity contribution in [2.75, 3.05) is 28.4 Å². The van der Waals surface area contributed by atoms with Gasteiger partial charge in [0.1, 0.15) is 0 Å². The third kappa shape index (κ3) is 2.66. The molecule has 0 heterocycles. The highest BCUT2D eigenvalue weighted by atomic mass is 16.5. The van der Waals surface area contributed by atoms with Gasteiger partial charge in [-0.25, -0.2) is 0 Å². The molecule has 2 aromatic rings. The zero-order valence-electron chi connectivity index (χ0n) is 14.3. The predicted molar refractivity (Wildman–Crippen MR) is 89.9 cm³/mol. The Bertz CT molecular complexity index is 795. The molecule has 2 aromatic carbocycles. The number of ketones is 1. The highest BCUT2D eigenvalue weighted by Crippen LogP contribution is 2.37. The first-order valence-electron chi connectivity index (χ1n) is 7.63. The molecule has 1 aliphatic rings. The molecule has 0 amide bonds. The summed E-state index contributed by atoms with van der Waals surface area (Å²) < 4.78 is 21.4. The van der Waals surface area contributed by atoms with Crippen molar-refractivity contribution in [3.05, 3.63) is 46.5 Å². The maximum absolute atomic E-state index is 12.7. The summed E-state index contributed by atoms with van der Waals surface area (Å²) >= 11 is 0. The number of hydrogen-bond donors (Lipinski definition) is 0. The van der Waals surface area contributed by atoms with Crippen molar-refractivity contribution < 1.29 is 23.7 Å². The number of carbonyl (C=O) groups excluding carboxylic acids is 1. The Kier molecular flexibility index (Phi) is 4.34. The number of Topliss-reactive ketones (excluding diaryl/α,β-unsaturated/α-hetero) is 1. The van der Waals surface area contributed by atoms with Crippen molar-refractivity contribution in [3.63, 3.8) is 0 Å². The fourth-order valence-corrected chi connectivity index (χ4v) is 3.09. The van der Waals surface area contributed by atoms with E-state index < -0.39 is 0 Å². The van der Waals surface area contributed by atoms with Gasteiger partial charge in [-0.3, -0.25) is 4.79 Å². The van der Waals surface area contributed by atoms with E-state index in [1.165, 1.54) is 0 Å². The number of fused-ring (bicyclic) bond motifs is 2. The van der Waals surface area contributed by atoms with E-state index in [1.807, 2.05) is 18.2 Å². The fourth-order valence-electron chi connectivity index (χ4n) is 3.09. The first-order valence-corrected chi connectivity index (χ1v) is 7.63. The van der Waals surface area contributed by atoms with E-state index >= 15 is 0 Å². The van der Waals surface area contributed by atoms with Gasteiger partial charge in [0.25, 0.3) is 0 Å². The van der Waals surface area contributed by atoms with Crippen LogP contribution in [0, 0.1) is 0 Å². The topological polar surface area (TPSA) is 54.0 Å². The molecule has 0 saturated heterocycles. The number of methoxy groups -OCH3 is 4. The molecule has 0 aliphatic heterocycles. The smallest absolute Gasteiger partial charge is 0.167 e. The van der Waals surface area contributed by atoms with Gasteiger partial charge in [-0.2, -0.15) is 0 Å². The Labute approximate surface area is 141 Å². The molecule has 126 valence electrons. The monoisotopic (exact) mass is 328 g/mol. The second-order valence-corrected chi connectivity index (χ2v) is 5.62. The van der Waals surface area contributed by atoms with E-state index in [4.69, 9.17) is 18.9 Å². The van der Waals surface area contributed by atoms with Gasteiger partial charge in [-0.05, 0) is 47.4 Å². The summed E-state index contributed by atoms with van der Waals surface area (Å²) in [6, 6.07) is 7.45. The van der Waals surface area contributed by atoms with Crippen LogP contribution in [0.2, 0.25) is 0 Å². The van der Waals surface area contributed by atoms with E-state index in [-0.39, 0.29) is 5.78 Å². The molecular weight excluding hydrogens is 308 g/mol. The van der Waals surface area contributed by atoms with Gasteiger partial charge in [-0.15, -0.1) is 0 Å². The van der Waals surface area contributed by atoms with Gasteiger partial charge in [0, 0.05) is 12.0 Å². The summed E-state index contributed by atoms with van der Waals surface area (Å²) in [4.78, 5) is 12.7. The van der Waals surface area contributed by atoms with Gasteiger partial charge in [-0.1, -0.05) is 0 Å². The summed E-state index contributed by atoms with van der Waals surface area (Å²) in [5.74, 6) is 2.52. The molecule has 1 aliphatic carbocycles. The summed E-state index contributed by atoms with van der Waals surface area (Å²) in [5, 5.41) is 0. The van der Waals surface area contributed by atoms with Crippen LogP contribution in [-0.4, -0.2) is 34.2 Å². The van der Waals surface area contributed by atoms with Crippen molar-refractivity contribution >= 4 is 5.78 Å². The van der Waals surface area contributed by atoms with Crippen molar-refractivity contribution in [1.29, 1.82) is 0 Å². The van der Waals surface area contributed by atoms with E-state index in [9.17, 15) is 4.79 Å². The van der Waals surface area contributed by atoms with E-state index in [1.54, 1.807) is 34.5 Å². The largest absolute Gasteiger partial charge is 0.493 e. The average molecular weight is 328 g/mol. The molecular formula is C19H20O5. The van der Waals surface area contributed by atoms with E-state index in [2.05, 4.69) is 0 Å². The van der Waals surface area contributed by atoms with Crippen molar-refractivity contribution in [1.82, 2.24) is 0 Å². The lowest BCUT2D eigenvalue weighted by Crippen LogP contribution is -2.05. The molecule has 0 radical (unpaired) electrons. The fraction of sp³-hybridized carbons (Fsp3) is 0.316. The van der Waals surface area contributed by atoms with Gasteiger partial charge < -0.3 is 18.9 Å². The molecule has 3 rings (SSSR count). The van der Waals surface area contributed by atoms with Crippen LogP contribution in [0.1, 0.15) is 27.0 Å². The number of hydrogen-bond acceptors (Lipinski definition) is 5. The summed E-state index contributed by atoms with van der Waals surface area (Å²) in [6.45, 7) is 0. The van der Waals surface area contributed by atoms with E-state index in [0.29, 0.717) is 41.4 Å².